The summed E-state index contributed by atoms with van der Waals surface area (Å²) in [6.45, 7) is 15.5. The van der Waals surface area contributed by atoms with Crippen LogP contribution in [-0.2, 0) is 17.8 Å². The van der Waals surface area contributed by atoms with Gasteiger partial charge in [-0.05, 0) is 62.9 Å². The maximum absolute atomic E-state index is 5.42. The molecule has 7 heteroatoms. The van der Waals surface area contributed by atoms with Crippen LogP contribution in [-0.4, -0.2) is 74.8 Å². The molecule has 31 heavy (non-hydrogen) atoms. The monoisotopic (exact) mass is 543 g/mol. The van der Waals surface area contributed by atoms with Gasteiger partial charge in [0.05, 0.1) is 19.8 Å². The molecule has 2 aliphatic rings. The number of benzene rings is 1. The zero-order valence-electron chi connectivity index (χ0n) is 19.4. The van der Waals surface area contributed by atoms with E-state index in [9.17, 15) is 0 Å². The van der Waals surface area contributed by atoms with Gasteiger partial charge in [0.1, 0.15) is 0 Å². The van der Waals surface area contributed by atoms with Crippen molar-refractivity contribution in [2.75, 3.05) is 59.0 Å². The summed E-state index contributed by atoms with van der Waals surface area (Å²) in [6.07, 6.45) is 3.77. The summed E-state index contributed by atoms with van der Waals surface area (Å²) < 4.78 is 5.42. The van der Waals surface area contributed by atoms with Crippen LogP contribution in [0.4, 0.5) is 0 Å². The third-order valence-corrected chi connectivity index (χ3v) is 6.09. The number of nitrogens with zero attached hydrogens (tertiary/aromatic N) is 3. The lowest BCUT2D eigenvalue weighted by molar-refractivity contribution is 0.0376. The molecule has 1 aromatic carbocycles. The minimum atomic E-state index is 0. The maximum atomic E-state index is 5.42. The Morgan fingerprint density at radius 3 is 2.55 bits per heavy atom. The van der Waals surface area contributed by atoms with Crippen LogP contribution in [0.2, 0.25) is 0 Å². The second-order valence-corrected chi connectivity index (χ2v) is 8.71. The zero-order chi connectivity index (χ0) is 21.0. The predicted octanol–water partition coefficient (Wildman–Crippen LogP) is 3.31. The smallest absolute Gasteiger partial charge is 0.191 e. The molecule has 0 spiro atoms. The Labute approximate surface area is 206 Å². The van der Waals surface area contributed by atoms with Gasteiger partial charge in [0.15, 0.2) is 5.96 Å². The number of hydrogen-bond acceptors (Lipinski definition) is 4. The van der Waals surface area contributed by atoms with Crippen molar-refractivity contribution in [2.24, 2.45) is 10.9 Å². The van der Waals surface area contributed by atoms with Crippen LogP contribution in [0.15, 0.2) is 29.3 Å². The van der Waals surface area contributed by atoms with Crippen LogP contribution in [0.3, 0.4) is 0 Å². The van der Waals surface area contributed by atoms with E-state index in [1.807, 2.05) is 0 Å². The lowest BCUT2D eigenvalue weighted by atomic mass is 9.98. The highest BCUT2D eigenvalue weighted by atomic mass is 127. The molecule has 0 aromatic heterocycles. The highest BCUT2D eigenvalue weighted by Gasteiger charge is 2.15. The van der Waals surface area contributed by atoms with Crippen molar-refractivity contribution in [3.8, 4) is 0 Å². The number of guanidine groups is 1. The number of nitrogens with one attached hydrogen (secondary N) is 2. The van der Waals surface area contributed by atoms with E-state index in [0.29, 0.717) is 6.54 Å². The van der Waals surface area contributed by atoms with Gasteiger partial charge in [-0.15, -0.1) is 24.0 Å². The van der Waals surface area contributed by atoms with Gasteiger partial charge in [-0.1, -0.05) is 31.2 Å². The minimum Gasteiger partial charge on any atom is -0.379 e. The molecule has 1 aromatic rings. The second kappa shape index (κ2) is 15.0. The number of rotatable bonds is 9. The van der Waals surface area contributed by atoms with E-state index in [4.69, 9.17) is 9.73 Å². The largest absolute Gasteiger partial charge is 0.379 e. The normalized spacial score (nSPS) is 19.1. The summed E-state index contributed by atoms with van der Waals surface area (Å²) in [7, 11) is 0. The van der Waals surface area contributed by atoms with Crippen LogP contribution in [0.1, 0.15) is 44.2 Å². The van der Waals surface area contributed by atoms with E-state index in [1.54, 1.807) is 0 Å². The Balaban J connectivity index is 0.00000341. The summed E-state index contributed by atoms with van der Waals surface area (Å²) in [6, 6.07) is 8.94. The molecule has 2 heterocycles. The van der Waals surface area contributed by atoms with Crippen molar-refractivity contribution < 1.29 is 4.74 Å². The molecule has 6 nitrogen and oxygen atoms in total. The van der Waals surface area contributed by atoms with Crippen molar-refractivity contribution in [1.29, 1.82) is 0 Å². The third-order valence-electron chi connectivity index (χ3n) is 6.09. The Bertz CT molecular complexity index is 643. The van der Waals surface area contributed by atoms with Crippen molar-refractivity contribution in [3.05, 3.63) is 35.4 Å². The number of aliphatic imine (C=N–C) groups is 1. The average Bonchev–Trinajstić information content (AvgIpc) is 2.77. The fourth-order valence-electron chi connectivity index (χ4n) is 4.15. The molecule has 0 amide bonds. The fraction of sp³-hybridized carbons (Fsp3) is 0.708. The summed E-state index contributed by atoms with van der Waals surface area (Å²) in [5.74, 6) is 1.79. The third kappa shape index (κ3) is 10.1. The number of likely N-dealkylation sites (tertiary alicyclic amines) is 1. The Kier molecular flexibility index (Phi) is 12.8. The molecule has 0 unspecified atom stereocenters. The van der Waals surface area contributed by atoms with Crippen molar-refractivity contribution >= 4 is 29.9 Å². The Morgan fingerprint density at radius 1 is 1.06 bits per heavy atom. The van der Waals surface area contributed by atoms with E-state index in [1.165, 1.54) is 37.1 Å². The van der Waals surface area contributed by atoms with E-state index < -0.39 is 0 Å². The number of ether oxygens (including phenoxy) is 1. The lowest BCUT2D eigenvalue weighted by Gasteiger charge is -2.30. The first kappa shape index (κ1) is 26.4. The van der Waals surface area contributed by atoms with Gasteiger partial charge >= 0.3 is 0 Å². The summed E-state index contributed by atoms with van der Waals surface area (Å²) in [5, 5.41) is 6.86. The van der Waals surface area contributed by atoms with Gasteiger partial charge in [0.25, 0.3) is 0 Å². The van der Waals surface area contributed by atoms with Gasteiger partial charge in [0, 0.05) is 32.7 Å². The molecule has 2 aliphatic heterocycles. The van der Waals surface area contributed by atoms with Crippen LogP contribution in [0.25, 0.3) is 0 Å². The summed E-state index contributed by atoms with van der Waals surface area (Å²) in [4.78, 5) is 9.87. The molecule has 0 saturated carbocycles. The number of halogens is 1. The molecule has 0 aliphatic carbocycles. The second-order valence-electron chi connectivity index (χ2n) is 8.71. The molecule has 3 rings (SSSR count). The van der Waals surface area contributed by atoms with Crippen molar-refractivity contribution in [1.82, 2.24) is 20.4 Å². The molecule has 2 saturated heterocycles. The van der Waals surface area contributed by atoms with E-state index in [0.717, 1.165) is 70.8 Å². The van der Waals surface area contributed by atoms with Crippen molar-refractivity contribution in [3.63, 3.8) is 0 Å². The fourth-order valence-corrected chi connectivity index (χ4v) is 4.15. The highest BCUT2D eigenvalue weighted by molar-refractivity contribution is 14.0. The first-order valence-corrected chi connectivity index (χ1v) is 11.9. The molecular formula is C24H42IN5O. The van der Waals surface area contributed by atoms with Crippen LogP contribution in [0, 0.1) is 5.92 Å². The van der Waals surface area contributed by atoms with Gasteiger partial charge < -0.3 is 15.4 Å². The number of morpholine rings is 1. The first-order valence-electron chi connectivity index (χ1n) is 11.9. The topological polar surface area (TPSA) is 52.1 Å². The number of hydrogen-bond donors (Lipinski definition) is 2. The quantitative estimate of drug-likeness (QED) is 0.217. The Hall–Kier alpha value is -0.900. The predicted molar refractivity (Wildman–Crippen MR) is 140 cm³/mol. The standard InChI is InChI=1S/C24H41N5O.HI/c1-3-25-24(26-10-5-11-28-14-16-30-17-15-28)27-19-22-6-4-7-23(18-22)20-29-12-8-21(2)9-13-29;/h4,6-7,18,21H,3,5,8-17,19-20H2,1-2H3,(H2,25,26,27);1H. The van der Waals surface area contributed by atoms with Gasteiger partial charge in [-0.3, -0.25) is 9.80 Å². The summed E-state index contributed by atoms with van der Waals surface area (Å²) in [5.41, 5.74) is 2.68. The maximum Gasteiger partial charge on any atom is 0.191 e. The molecule has 176 valence electrons. The SMILES string of the molecule is CCNC(=NCc1cccc(CN2CCC(C)CC2)c1)NCCCN1CCOCC1.I. The van der Waals surface area contributed by atoms with Gasteiger partial charge in [-0.2, -0.15) is 0 Å². The average molecular weight is 544 g/mol. The van der Waals surface area contributed by atoms with Crippen LogP contribution < -0.4 is 10.6 Å². The minimum absolute atomic E-state index is 0. The zero-order valence-corrected chi connectivity index (χ0v) is 21.8. The van der Waals surface area contributed by atoms with E-state index in [-0.39, 0.29) is 24.0 Å². The molecule has 2 fully saturated rings. The van der Waals surface area contributed by atoms with Gasteiger partial charge in [-0.25, -0.2) is 4.99 Å². The van der Waals surface area contributed by atoms with Gasteiger partial charge in [0.2, 0.25) is 0 Å². The number of piperidine rings is 1. The molecule has 0 bridgehead atoms. The van der Waals surface area contributed by atoms with Crippen molar-refractivity contribution in [2.45, 2.75) is 46.2 Å². The Morgan fingerprint density at radius 2 is 1.81 bits per heavy atom. The molecule has 0 radical (unpaired) electrons. The summed E-state index contributed by atoms with van der Waals surface area (Å²) >= 11 is 0. The van der Waals surface area contributed by atoms with Crippen LogP contribution in [0.5, 0.6) is 0 Å². The van der Waals surface area contributed by atoms with E-state index >= 15 is 0 Å². The van der Waals surface area contributed by atoms with E-state index in [2.05, 4.69) is 58.5 Å². The lowest BCUT2D eigenvalue weighted by Crippen LogP contribution is -2.40. The molecular weight excluding hydrogens is 501 g/mol. The van der Waals surface area contributed by atoms with Crippen LogP contribution >= 0.6 is 24.0 Å². The molecule has 2 N–H and O–H groups in total. The highest BCUT2D eigenvalue weighted by Crippen LogP contribution is 2.18. The first-order chi connectivity index (χ1) is 14.7. The molecule has 0 atom stereocenters.